The average Bonchev–Trinajstić information content (AvgIpc) is 2.81. The maximum absolute atomic E-state index is 10.1. The standard InChI is InChI=1S/C14H16O2/c1-8-4-3-5-10-7-12(16-14(8)10)13(15)11-6-9(11)2/h3-5,7,9,11,13,15H,6H2,1-2H3. The van der Waals surface area contributed by atoms with Crippen molar-refractivity contribution in [1.82, 2.24) is 0 Å². The highest BCUT2D eigenvalue weighted by Gasteiger charge is 2.40. The van der Waals surface area contributed by atoms with Crippen LogP contribution in [0, 0.1) is 18.8 Å². The van der Waals surface area contributed by atoms with Crippen LogP contribution in [-0.4, -0.2) is 5.11 Å². The lowest BCUT2D eigenvalue weighted by molar-refractivity contribution is 0.124. The molecule has 1 aliphatic rings. The maximum atomic E-state index is 10.1. The van der Waals surface area contributed by atoms with Crippen LogP contribution in [0.4, 0.5) is 0 Å². The highest BCUT2D eigenvalue weighted by atomic mass is 16.4. The number of hydrogen-bond donors (Lipinski definition) is 1. The zero-order valence-corrected chi connectivity index (χ0v) is 9.60. The van der Waals surface area contributed by atoms with Gasteiger partial charge in [0.1, 0.15) is 17.4 Å². The minimum Gasteiger partial charge on any atom is -0.458 e. The van der Waals surface area contributed by atoms with E-state index in [-0.39, 0.29) is 0 Å². The van der Waals surface area contributed by atoms with Crippen LogP contribution in [0.1, 0.15) is 30.8 Å². The molecular weight excluding hydrogens is 200 g/mol. The molecule has 1 fully saturated rings. The first-order chi connectivity index (χ1) is 7.66. The number of furan rings is 1. The van der Waals surface area contributed by atoms with E-state index in [0.717, 1.165) is 28.7 Å². The summed E-state index contributed by atoms with van der Waals surface area (Å²) in [5, 5.41) is 11.2. The fourth-order valence-corrected chi connectivity index (χ4v) is 2.38. The third-order valence-corrected chi connectivity index (χ3v) is 3.63. The molecular formula is C14H16O2. The summed E-state index contributed by atoms with van der Waals surface area (Å²) in [6, 6.07) is 8.04. The lowest BCUT2D eigenvalue weighted by atomic mass is 10.1. The Morgan fingerprint density at radius 3 is 2.81 bits per heavy atom. The van der Waals surface area contributed by atoms with E-state index in [1.807, 2.05) is 31.2 Å². The van der Waals surface area contributed by atoms with E-state index in [1.54, 1.807) is 0 Å². The Morgan fingerprint density at radius 1 is 1.44 bits per heavy atom. The molecule has 0 radical (unpaired) electrons. The summed E-state index contributed by atoms with van der Waals surface area (Å²) in [6.07, 6.45) is 0.679. The van der Waals surface area contributed by atoms with Crippen molar-refractivity contribution in [2.24, 2.45) is 11.8 Å². The molecule has 1 aromatic heterocycles. The third kappa shape index (κ3) is 1.45. The Hall–Kier alpha value is -1.28. The molecule has 3 rings (SSSR count). The van der Waals surface area contributed by atoms with Crippen molar-refractivity contribution in [3.8, 4) is 0 Å². The van der Waals surface area contributed by atoms with Crippen molar-refractivity contribution >= 4 is 11.0 Å². The highest BCUT2D eigenvalue weighted by molar-refractivity contribution is 5.80. The summed E-state index contributed by atoms with van der Waals surface area (Å²) in [7, 11) is 0. The van der Waals surface area contributed by atoms with E-state index >= 15 is 0 Å². The van der Waals surface area contributed by atoms with Crippen LogP contribution in [0.3, 0.4) is 0 Å². The summed E-state index contributed by atoms with van der Waals surface area (Å²) in [5.74, 6) is 1.74. The predicted octanol–water partition coefficient (Wildman–Crippen LogP) is 3.43. The molecule has 1 N–H and O–H groups in total. The number of fused-ring (bicyclic) bond motifs is 1. The molecule has 1 saturated carbocycles. The fraction of sp³-hybridized carbons (Fsp3) is 0.429. The Labute approximate surface area is 94.9 Å². The molecule has 2 heteroatoms. The molecule has 1 heterocycles. The first kappa shape index (κ1) is 9.91. The zero-order chi connectivity index (χ0) is 11.3. The topological polar surface area (TPSA) is 33.4 Å². The number of hydrogen-bond acceptors (Lipinski definition) is 2. The number of benzene rings is 1. The van der Waals surface area contributed by atoms with Crippen LogP contribution < -0.4 is 0 Å². The summed E-state index contributed by atoms with van der Waals surface area (Å²) in [4.78, 5) is 0. The average molecular weight is 216 g/mol. The molecule has 1 aliphatic carbocycles. The third-order valence-electron chi connectivity index (χ3n) is 3.63. The molecule has 0 spiro atoms. The van der Waals surface area contributed by atoms with Gasteiger partial charge in [0.2, 0.25) is 0 Å². The van der Waals surface area contributed by atoms with Crippen LogP contribution >= 0.6 is 0 Å². The quantitative estimate of drug-likeness (QED) is 0.834. The monoisotopic (exact) mass is 216 g/mol. The smallest absolute Gasteiger partial charge is 0.137 e. The maximum Gasteiger partial charge on any atom is 0.137 e. The SMILES string of the molecule is Cc1cccc2cc(C(O)C3CC3C)oc12. The normalized spacial score (nSPS) is 25.9. The van der Waals surface area contributed by atoms with E-state index < -0.39 is 6.10 Å². The summed E-state index contributed by atoms with van der Waals surface area (Å²) in [5.41, 5.74) is 2.03. The molecule has 0 saturated heterocycles. The number of rotatable bonds is 2. The molecule has 1 aromatic carbocycles. The summed E-state index contributed by atoms with van der Waals surface area (Å²) in [6.45, 7) is 4.20. The van der Waals surface area contributed by atoms with Gasteiger partial charge in [-0.15, -0.1) is 0 Å². The lowest BCUT2D eigenvalue weighted by Gasteiger charge is -2.04. The Morgan fingerprint density at radius 2 is 2.19 bits per heavy atom. The lowest BCUT2D eigenvalue weighted by Crippen LogP contribution is -1.98. The zero-order valence-electron chi connectivity index (χ0n) is 9.60. The number of aliphatic hydroxyl groups is 1. The molecule has 0 bridgehead atoms. The van der Waals surface area contributed by atoms with Gasteiger partial charge in [0.15, 0.2) is 0 Å². The Kier molecular flexibility index (Phi) is 2.08. The van der Waals surface area contributed by atoms with Gasteiger partial charge in [-0.05, 0) is 36.8 Å². The Balaban J connectivity index is 2.02. The van der Waals surface area contributed by atoms with Gasteiger partial charge in [-0.2, -0.15) is 0 Å². The van der Waals surface area contributed by atoms with E-state index in [0.29, 0.717) is 11.8 Å². The second-order valence-electron chi connectivity index (χ2n) is 4.96. The summed E-state index contributed by atoms with van der Waals surface area (Å²) >= 11 is 0. The molecule has 16 heavy (non-hydrogen) atoms. The van der Waals surface area contributed by atoms with Crippen LogP contribution in [-0.2, 0) is 0 Å². The van der Waals surface area contributed by atoms with E-state index in [2.05, 4.69) is 6.92 Å². The van der Waals surface area contributed by atoms with Gasteiger partial charge in [0, 0.05) is 5.39 Å². The van der Waals surface area contributed by atoms with E-state index in [1.165, 1.54) is 0 Å². The van der Waals surface area contributed by atoms with Gasteiger partial charge in [-0.3, -0.25) is 0 Å². The van der Waals surface area contributed by atoms with E-state index in [4.69, 9.17) is 4.42 Å². The molecule has 0 amide bonds. The summed E-state index contributed by atoms with van der Waals surface area (Å²) < 4.78 is 5.76. The van der Waals surface area contributed by atoms with Crippen molar-refractivity contribution in [2.45, 2.75) is 26.4 Å². The molecule has 84 valence electrons. The van der Waals surface area contributed by atoms with Crippen molar-refractivity contribution in [3.63, 3.8) is 0 Å². The number of aryl methyl sites for hydroxylation is 1. The second-order valence-corrected chi connectivity index (χ2v) is 4.96. The molecule has 0 aliphatic heterocycles. The van der Waals surface area contributed by atoms with Gasteiger partial charge < -0.3 is 9.52 Å². The first-order valence-corrected chi connectivity index (χ1v) is 5.84. The first-order valence-electron chi connectivity index (χ1n) is 5.84. The fourth-order valence-electron chi connectivity index (χ4n) is 2.38. The number of aliphatic hydroxyl groups excluding tert-OH is 1. The van der Waals surface area contributed by atoms with Gasteiger partial charge in [-0.25, -0.2) is 0 Å². The largest absolute Gasteiger partial charge is 0.458 e. The number of para-hydroxylation sites is 1. The van der Waals surface area contributed by atoms with Crippen molar-refractivity contribution in [2.75, 3.05) is 0 Å². The molecule has 3 atom stereocenters. The Bertz CT molecular complexity index is 527. The highest BCUT2D eigenvalue weighted by Crippen LogP contribution is 2.47. The van der Waals surface area contributed by atoms with E-state index in [9.17, 15) is 5.11 Å². The van der Waals surface area contributed by atoms with Crippen LogP contribution in [0.15, 0.2) is 28.7 Å². The van der Waals surface area contributed by atoms with Crippen LogP contribution in [0.5, 0.6) is 0 Å². The molecule has 3 unspecified atom stereocenters. The predicted molar refractivity (Wildman–Crippen MR) is 63.2 cm³/mol. The van der Waals surface area contributed by atoms with Crippen molar-refractivity contribution < 1.29 is 9.52 Å². The van der Waals surface area contributed by atoms with Crippen molar-refractivity contribution in [3.05, 3.63) is 35.6 Å². The second kappa shape index (κ2) is 3.36. The van der Waals surface area contributed by atoms with Crippen molar-refractivity contribution in [1.29, 1.82) is 0 Å². The van der Waals surface area contributed by atoms with Gasteiger partial charge >= 0.3 is 0 Å². The van der Waals surface area contributed by atoms with Gasteiger partial charge in [0.25, 0.3) is 0 Å². The molecule has 2 nitrogen and oxygen atoms in total. The van der Waals surface area contributed by atoms with Gasteiger partial charge in [0.05, 0.1) is 0 Å². The van der Waals surface area contributed by atoms with Crippen LogP contribution in [0.25, 0.3) is 11.0 Å². The van der Waals surface area contributed by atoms with Crippen LogP contribution in [0.2, 0.25) is 0 Å². The molecule has 2 aromatic rings. The van der Waals surface area contributed by atoms with Gasteiger partial charge in [-0.1, -0.05) is 25.1 Å². The minimum atomic E-state index is -0.429. The minimum absolute atomic E-state index is 0.390.